The zero-order valence-corrected chi connectivity index (χ0v) is 21.4. The predicted octanol–water partition coefficient (Wildman–Crippen LogP) is 6.92. The Morgan fingerprint density at radius 3 is 1.42 bits per heavy atom. The van der Waals surface area contributed by atoms with Gasteiger partial charge in [-0.3, -0.25) is 0 Å². The fourth-order valence-electron chi connectivity index (χ4n) is 3.59. The van der Waals surface area contributed by atoms with Gasteiger partial charge in [0.25, 0.3) is 0 Å². The number of rotatable bonds is 10. The van der Waals surface area contributed by atoms with E-state index >= 15 is 0 Å². The monoisotopic (exact) mass is 522 g/mol. The van der Waals surface area contributed by atoms with Crippen molar-refractivity contribution in [2.45, 2.75) is 37.8 Å². The largest absolute Gasteiger partial charge is 2.00 e. The Morgan fingerprint density at radius 2 is 1.09 bits per heavy atom. The number of benzene rings is 2. The van der Waals surface area contributed by atoms with Gasteiger partial charge in [-0.05, 0) is 59.7 Å². The molecule has 0 unspecified atom stereocenters. The third kappa shape index (κ3) is 8.26. The molecule has 2 aromatic carbocycles. The van der Waals surface area contributed by atoms with Crippen LogP contribution in [0.4, 0.5) is 0 Å². The number of ether oxygens (including phenoxy) is 2. The minimum Gasteiger partial charge on any atom is -0.689 e. The van der Waals surface area contributed by atoms with Crippen molar-refractivity contribution in [3.05, 3.63) is 94.8 Å². The molecule has 7 heteroatoms. The summed E-state index contributed by atoms with van der Waals surface area (Å²) >= 11 is 11.0. The Hall–Kier alpha value is -2.21. The van der Waals surface area contributed by atoms with Gasteiger partial charge >= 0.3 is 16.5 Å². The molecule has 1 saturated carbocycles. The maximum Gasteiger partial charge on any atom is 2.00 e. The van der Waals surface area contributed by atoms with Crippen LogP contribution in [0.1, 0.15) is 36.8 Å². The summed E-state index contributed by atoms with van der Waals surface area (Å²) in [7, 11) is 3.30. The maximum absolute atomic E-state index is 5.51. The van der Waals surface area contributed by atoms with E-state index in [0.717, 1.165) is 45.2 Å². The molecule has 4 nitrogen and oxygen atoms in total. The van der Waals surface area contributed by atoms with E-state index in [2.05, 4.69) is 0 Å². The van der Waals surface area contributed by atoms with Crippen LogP contribution in [0.2, 0.25) is 0 Å². The van der Waals surface area contributed by atoms with E-state index in [9.17, 15) is 0 Å². The third-order valence-electron chi connectivity index (χ3n) is 5.45. The average Bonchev–Trinajstić information content (AvgIpc) is 2.85. The first kappa shape index (κ1) is 27.0. The summed E-state index contributed by atoms with van der Waals surface area (Å²) in [5.74, 6) is 1.63. The number of hydrogen-bond acceptors (Lipinski definition) is 4. The van der Waals surface area contributed by atoms with E-state index < -0.39 is 0 Å². The molecule has 1 aliphatic carbocycles. The molecule has 1 fully saturated rings. The molecular weight excluding hydrogens is 495 g/mol. The molecule has 0 aromatic heterocycles. The Balaban J connectivity index is 0.00000385. The van der Waals surface area contributed by atoms with Crippen LogP contribution in [0.15, 0.2) is 73.1 Å². The molecule has 1 aliphatic rings. The maximum atomic E-state index is 5.51. The van der Waals surface area contributed by atoms with E-state index in [1.54, 1.807) is 14.2 Å². The third-order valence-corrected chi connectivity index (χ3v) is 6.19. The quantitative estimate of drug-likeness (QED) is 0.147. The molecule has 2 atom stereocenters. The fraction of sp³-hybridized carbons (Fsp3) is 0.308. The topological polar surface area (TPSA) is 46.7 Å². The Kier molecular flexibility index (Phi) is 11.6. The van der Waals surface area contributed by atoms with Crippen molar-refractivity contribution in [2.75, 3.05) is 14.2 Å². The van der Waals surface area contributed by atoms with Crippen LogP contribution in [0.3, 0.4) is 0 Å². The summed E-state index contributed by atoms with van der Waals surface area (Å²) in [4.78, 5) is 1.51. The van der Waals surface area contributed by atoms with Crippen LogP contribution in [-0.4, -0.2) is 36.0 Å². The minimum absolute atomic E-state index is 0. The molecule has 0 spiro atoms. The van der Waals surface area contributed by atoms with Crippen molar-refractivity contribution in [3.8, 4) is 11.5 Å². The van der Waals surface area contributed by atoms with Crippen LogP contribution in [0, 0.1) is 0 Å². The van der Waals surface area contributed by atoms with Gasteiger partial charge in [0.1, 0.15) is 11.5 Å². The Labute approximate surface area is 217 Å². The smallest absolute Gasteiger partial charge is 0.689 e. The standard InChI is InChI=1S/C26H30N2O2S2.Ni/c1-29-21-11-7-19(8-12-21)25(31)15-17-27-23-5-3-4-6-24(23)28-18-16-26(32)20-9-13-22(30-2)14-10-20;/h7-18,23-24H,3-6H2,1-2H3,(H2,27,28,31,32);/q;+2/p-2/t23-,24-;/m1./s1. The number of nitrogens with zero attached hydrogens (tertiary/aromatic N) is 2. The van der Waals surface area contributed by atoms with Gasteiger partial charge < -0.3 is 20.1 Å². The molecule has 33 heavy (non-hydrogen) atoms. The molecule has 3 rings (SSSR count). The summed E-state index contributed by atoms with van der Waals surface area (Å²) in [5.41, 5.74) is 1.96. The molecule has 0 amide bonds. The number of allylic oxidation sites excluding steroid dienone is 2. The summed E-state index contributed by atoms with van der Waals surface area (Å²) < 4.78 is 10.4. The minimum atomic E-state index is 0. The van der Waals surface area contributed by atoms with Crippen molar-refractivity contribution in [1.29, 1.82) is 0 Å². The SMILES string of the molecule is COc1ccc(C(=S)/C=C\[N-][C@@H]2CCCC[C@H]2[N-]/C=C\C(=S)c2ccc(OC)cc2)cc1.[Ni+2]. The van der Waals surface area contributed by atoms with Gasteiger partial charge in [-0.1, -0.05) is 62.3 Å². The van der Waals surface area contributed by atoms with Crippen LogP contribution >= 0.6 is 24.4 Å². The second kappa shape index (κ2) is 14.1. The molecule has 0 saturated heterocycles. The molecule has 0 bridgehead atoms. The van der Waals surface area contributed by atoms with Crippen LogP contribution in [-0.2, 0) is 16.5 Å². The number of thiocarbonyl (C=S) groups is 2. The van der Waals surface area contributed by atoms with Crippen molar-refractivity contribution in [1.82, 2.24) is 0 Å². The van der Waals surface area contributed by atoms with Crippen molar-refractivity contribution in [3.63, 3.8) is 0 Å². The van der Waals surface area contributed by atoms with Crippen molar-refractivity contribution < 1.29 is 26.0 Å². The molecule has 0 N–H and O–H groups in total. The first-order chi connectivity index (χ1) is 15.6. The van der Waals surface area contributed by atoms with E-state index in [-0.39, 0.29) is 28.6 Å². The molecule has 176 valence electrons. The first-order valence-electron chi connectivity index (χ1n) is 10.7. The van der Waals surface area contributed by atoms with E-state index in [0.29, 0.717) is 0 Å². The summed E-state index contributed by atoms with van der Waals surface area (Å²) in [5, 5.41) is 9.54. The van der Waals surface area contributed by atoms with Crippen molar-refractivity contribution in [2.24, 2.45) is 0 Å². The fourth-order valence-corrected chi connectivity index (χ4v) is 3.98. The van der Waals surface area contributed by atoms with Gasteiger partial charge in [0.2, 0.25) is 0 Å². The van der Waals surface area contributed by atoms with Gasteiger partial charge in [-0.2, -0.15) is 12.4 Å². The second-order valence-corrected chi connectivity index (χ2v) is 8.41. The molecular formula is C26H28N2NiO2S2. The normalized spacial score (nSPS) is 17.9. The molecule has 0 aliphatic heterocycles. The van der Waals surface area contributed by atoms with Crippen molar-refractivity contribution >= 4 is 34.2 Å². The van der Waals surface area contributed by atoms with Crippen LogP contribution in [0.25, 0.3) is 10.6 Å². The van der Waals surface area contributed by atoms with E-state index in [1.807, 2.05) is 73.1 Å². The van der Waals surface area contributed by atoms with Gasteiger partial charge in [-0.15, -0.1) is 12.1 Å². The zero-order chi connectivity index (χ0) is 22.8. The van der Waals surface area contributed by atoms with Gasteiger partial charge in [0.15, 0.2) is 0 Å². The van der Waals surface area contributed by atoms with Crippen LogP contribution < -0.4 is 9.47 Å². The molecule has 0 radical (unpaired) electrons. The Bertz CT molecular complexity index is 880. The first-order valence-corrected chi connectivity index (χ1v) is 11.5. The molecule has 2 aromatic rings. The Morgan fingerprint density at radius 1 is 0.727 bits per heavy atom. The summed E-state index contributed by atoms with van der Waals surface area (Å²) in [6.45, 7) is 0. The number of methoxy groups -OCH3 is 2. The average molecular weight is 523 g/mol. The van der Waals surface area contributed by atoms with E-state index in [1.165, 1.54) is 12.8 Å². The van der Waals surface area contributed by atoms with Gasteiger partial charge in [0.05, 0.1) is 14.2 Å². The van der Waals surface area contributed by atoms with Crippen LogP contribution in [0.5, 0.6) is 11.5 Å². The predicted molar refractivity (Wildman–Crippen MR) is 140 cm³/mol. The van der Waals surface area contributed by atoms with Gasteiger partial charge in [-0.25, -0.2) is 0 Å². The second-order valence-electron chi connectivity index (χ2n) is 7.53. The van der Waals surface area contributed by atoms with Gasteiger partial charge in [0, 0.05) is 9.73 Å². The van der Waals surface area contributed by atoms with E-state index in [4.69, 9.17) is 44.5 Å². The summed E-state index contributed by atoms with van der Waals surface area (Å²) in [6.07, 6.45) is 11.8. The summed E-state index contributed by atoms with van der Waals surface area (Å²) in [6, 6.07) is 15.8. The number of hydrogen-bond donors (Lipinski definition) is 0. The zero-order valence-electron chi connectivity index (χ0n) is 18.8. The molecule has 0 heterocycles.